The molecule has 34 heavy (non-hydrogen) atoms. The van der Waals surface area contributed by atoms with Crippen molar-refractivity contribution < 1.29 is 22.7 Å². The average molecular weight is 562 g/mol. The molecule has 0 bridgehead atoms. The van der Waals surface area contributed by atoms with E-state index in [0.29, 0.717) is 15.2 Å². The highest BCUT2D eigenvalue weighted by Crippen LogP contribution is 2.24. The Bertz CT molecular complexity index is 1380. The summed E-state index contributed by atoms with van der Waals surface area (Å²) in [6, 6.07) is 11.7. The Morgan fingerprint density at radius 3 is 2.41 bits per heavy atom. The molecule has 1 atom stereocenters. The van der Waals surface area contributed by atoms with Gasteiger partial charge >= 0.3 is 11.9 Å². The van der Waals surface area contributed by atoms with E-state index in [1.807, 2.05) is 0 Å². The van der Waals surface area contributed by atoms with Crippen LogP contribution in [0.5, 0.6) is 0 Å². The van der Waals surface area contributed by atoms with Gasteiger partial charge in [0.2, 0.25) is 0 Å². The number of para-hydroxylation sites is 1. The smallest absolute Gasteiger partial charge is 0.382 e. The number of rotatable bonds is 6. The maximum atomic E-state index is 14.1. The highest BCUT2D eigenvalue weighted by molar-refractivity contribution is 9.10. The van der Waals surface area contributed by atoms with Crippen LogP contribution in [-0.4, -0.2) is 46.5 Å². The molecule has 0 aliphatic rings. The summed E-state index contributed by atoms with van der Waals surface area (Å²) in [7, 11) is 0. The molecule has 0 saturated heterocycles. The molecule has 1 N–H and O–H groups in total. The zero-order valence-corrected chi connectivity index (χ0v) is 19.3. The van der Waals surface area contributed by atoms with E-state index in [1.54, 1.807) is 6.07 Å². The number of aromatic nitrogens is 6. The fraction of sp³-hybridized carbons (Fsp3) is 0.200. The predicted molar refractivity (Wildman–Crippen MR) is 117 cm³/mol. The zero-order chi connectivity index (χ0) is 24.6. The molecule has 0 amide bonds. The molecule has 2 aromatic heterocycles. The molecule has 0 unspecified atom stereocenters. The van der Waals surface area contributed by atoms with Crippen LogP contribution in [0, 0.1) is 5.82 Å². The summed E-state index contributed by atoms with van der Waals surface area (Å²) in [5.74, 6) is -0.634. The second-order valence-electron chi connectivity index (χ2n) is 7.10. The van der Waals surface area contributed by atoms with Gasteiger partial charge in [-0.15, -0.1) is 10.2 Å². The topological polar surface area (TPSA) is 90.8 Å². The van der Waals surface area contributed by atoms with Crippen molar-refractivity contribution in [2.75, 3.05) is 0 Å². The first-order chi connectivity index (χ1) is 16.0. The number of halogens is 6. The summed E-state index contributed by atoms with van der Waals surface area (Å²) < 4.78 is 56.0. The van der Waals surface area contributed by atoms with Crippen molar-refractivity contribution in [3.63, 3.8) is 0 Å². The number of aliphatic hydroxyl groups is 1. The Morgan fingerprint density at radius 1 is 1.09 bits per heavy atom. The number of alkyl halides is 3. The van der Waals surface area contributed by atoms with Crippen molar-refractivity contribution in [1.29, 1.82) is 0 Å². The van der Waals surface area contributed by atoms with Crippen LogP contribution >= 0.6 is 27.5 Å². The van der Waals surface area contributed by atoms with E-state index in [1.165, 1.54) is 47.1 Å². The van der Waals surface area contributed by atoms with Crippen LogP contribution < -0.4 is 5.69 Å². The molecule has 4 rings (SSSR count). The van der Waals surface area contributed by atoms with Crippen molar-refractivity contribution in [3.05, 3.63) is 80.4 Å². The SMILES string of the molecule is O=c1n(Cc2nc(Br)n(-c3ccccc3F)n2)nc(-c2ccc(Cl)cc2)n1C[C@H](O)C(F)(F)F. The van der Waals surface area contributed by atoms with E-state index in [9.17, 15) is 27.5 Å². The second kappa shape index (κ2) is 9.31. The van der Waals surface area contributed by atoms with Crippen LogP contribution in [0.1, 0.15) is 5.82 Å². The van der Waals surface area contributed by atoms with E-state index < -0.39 is 30.3 Å². The largest absolute Gasteiger partial charge is 0.416 e. The first-order valence-electron chi connectivity index (χ1n) is 9.59. The molecule has 0 spiro atoms. The Hall–Kier alpha value is -3.03. The summed E-state index contributed by atoms with van der Waals surface area (Å²) in [4.78, 5) is 17.1. The Morgan fingerprint density at radius 2 is 1.76 bits per heavy atom. The quantitative estimate of drug-likeness (QED) is 0.362. The number of hydrogen-bond acceptors (Lipinski definition) is 5. The van der Waals surface area contributed by atoms with E-state index in [-0.39, 0.29) is 28.6 Å². The number of aliphatic hydroxyl groups excluding tert-OH is 1. The van der Waals surface area contributed by atoms with E-state index >= 15 is 0 Å². The third-order valence-electron chi connectivity index (χ3n) is 4.74. The molecule has 0 fully saturated rings. The third kappa shape index (κ3) is 4.91. The van der Waals surface area contributed by atoms with Gasteiger partial charge in [0.25, 0.3) is 0 Å². The second-order valence-corrected chi connectivity index (χ2v) is 8.24. The average Bonchev–Trinajstić information content (AvgIpc) is 3.28. The van der Waals surface area contributed by atoms with Gasteiger partial charge in [-0.2, -0.15) is 13.2 Å². The molecular formula is C20H14BrClF4N6O2. The van der Waals surface area contributed by atoms with Gasteiger partial charge in [0.1, 0.15) is 18.0 Å². The molecule has 8 nitrogen and oxygen atoms in total. The van der Waals surface area contributed by atoms with Crippen LogP contribution in [0.4, 0.5) is 17.6 Å². The van der Waals surface area contributed by atoms with Gasteiger partial charge in [0.15, 0.2) is 22.5 Å². The lowest BCUT2D eigenvalue weighted by atomic mass is 10.2. The van der Waals surface area contributed by atoms with Crippen LogP contribution in [0.15, 0.2) is 58.1 Å². The molecule has 178 valence electrons. The minimum atomic E-state index is -4.94. The van der Waals surface area contributed by atoms with Crippen molar-refractivity contribution in [2.45, 2.75) is 25.4 Å². The first kappa shape index (κ1) is 24.1. The minimum Gasteiger partial charge on any atom is -0.382 e. The summed E-state index contributed by atoms with van der Waals surface area (Å²) >= 11 is 9.05. The van der Waals surface area contributed by atoms with Crippen molar-refractivity contribution in [2.24, 2.45) is 0 Å². The van der Waals surface area contributed by atoms with Gasteiger partial charge in [-0.25, -0.2) is 23.5 Å². The summed E-state index contributed by atoms with van der Waals surface area (Å²) in [5.41, 5.74) is -0.520. The van der Waals surface area contributed by atoms with E-state index in [2.05, 4.69) is 31.1 Å². The summed E-state index contributed by atoms with van der Waals surface area (Å²) in [5, 5.41) is 18.2. The Balaban J connectivity index is 1.74. The molecule has 4 aromatic rings. The van der Waals surface area contributed by atoms with Crippen LogP contribution in [0.3, 0.4) is 0 Å². The fourth-order valence-electron chi connectivity index (χ4n) is 3.11. The van der Waals surface area contributed by atoms with Gasteiger partial charge in [-0.05, 0) is 52.3 Å². The van der Waals surface area contributed by atoms with Gasteiger partial charge in [0.05, 0.1) is 6.54 Å². The molecule has 2 heterocycles. The number of nitrogens with zero attached hydrogens (tertiary/aromatic N) is 6. The Labute approximate surface area is 202 Å². The Kier molecular flexibility index (Phi) is 6.60. The number of benzene rings is 2. The molecule has 14 heteroatoms. The first-order valence-corrected chi connectivity index (χ1v) is 10.8. The molecule has 0 aliphatic carbocycles. The van der Waals surface area contributed by atoms with Crippen molar-refractivity contribution in [3.8, 4) is 17.1 Å². The lowest BCUT2D eigenvalue weighted by molar-refractivity contribution is -0.207. The maximum Gasteiger partial charge on any atom is 0.416 e. The van der Waals surface area contributed by atoms with Crippen molar-refractivity contribution in [1.82, 2.24) is 29.1 Å². The van der Waals surface area contributed by atoms with E-state index in [4.69, 9.17) is 11.6 Å². The van der Waals surface area contributed by atoms with Gasteiger partial charge in [-0.1, -0.05) is 23.7 Å². The lowest BCUT2D eigenvalue weighted by Crippen LogP contribution is -2.37. The third-order valence-corrected chi connectivity index (χ3v) is 5.51. The van der Waals surface area contributed by atoms with Crippen LogP contribution in [-0.2, 0) is 13.1 Å². The molecule has 2 aromatic carbocycles. The van der Waals surface area contributed by atoms with Crippen LogP contribution in [0.2, 0.25) is 5.02 Å². The predicted octanol–water partition coefficient (Wildman–Crippen LogP) is 3.82. The maximum absolute atomic E-state index is 14.1. The molecule has 0 saturated carbocycles. The minimum absolute atomic E-state index is 0.0425. The highest BCUT2D eigenvalue weighted by Gasteiger charge is 2.39. The van der Waals surface area contributed by atoms with Gasteiger partial charge in [-0.3, -0.25) is 4.57 Å². The lowest BCUT2D eigenvalue weighted by Gasteiger charge is -2.15. The number of hydrogen-bond donors (Lipinski definition) is 1. The summed E-state index contributed by atoms with van der Waals surface area (Å²) in [6.45, 7) is -1.39. The van der Waals surface area contributed by atoms with Crippen molar-refractivity contribution >= 4 is 27.5 Å². The normalized spacial score (nSPS) is 12.8. The molecule has 0 aliphatic heterocycles. The van der Waals surface area contributed by atoms with E-state index in [0.717, 1.165) is 4.68 Å². The monoisotopic (exact) mass is 560 g/mol. The standard InChI is InChI=1S/C20H14BrClF4N6O2/c21-18-27-16(28-32(18)14-4-2-1-3-13(14)23)10-31-19(34)30(9-15(33)20(24,25)26)17(29-31)11-5-7-12(22)8-6-11/h1-8,15,33H,9-10H2/t15-/m0/s1. The molecule has 0 radical (unpaired) electrons. The highest BCUT2D eigenvalue weighted by atomic mass is 79.9. The van der Waals surface area contributed by atoms with Crippen LogP contribution in [0.25, 0.3) is 17.1 Å². The van der Waals surface area contributed by atoms with Gasteiger partial charge in [0, 0.05) is 10.6 Å². The zero-order valence-electron chi connectivity index (χ0n) is 16.9. The van der Waals surface area contributed by atoms with Gasteiger partial charge < -0.3 is 5.11 Å². The molecular weight excluding hydrogens is 548 g/mol. The fourth-order valence-corrected chi connectivity index (χ4v) is 3.71. The summed E-state index contributed by atoms with van der Waals surface area (Å²) in [6.07, 6.45) is -7.73.